The molecule has 1 fully saturated rings. The van der Waals surface area contributed by atoms with Crippen LogP contribution in [0, 0.1) is 0 Å². The van der Waals surface area contributed by atoms with E-state index in [1.54, 1.807) is 0 Å². The van der Waals surface area contributed by atoms with E-state index >= 15 is 0 Å². The summed E-state index contributed by atoms with van der Waals surface area (Å²) in [7, 11) is 0. The number of fused-ring (bicyclic) bond motifs is 10. The van der Waals surface area contributed by atoms with Crippen LogP contribution in [0.4, 0.5) is 0 Å². The summed E-state index contributed by atoms with van der Waals surface area (Å²) in [5.74, 6) is 2.53. The fourth-order valence-corrected chi connectivity index (χ4v) is 8.65. The topological polar surface area (TPSA) is 51.6 Å². The van der Waals surface area contributed by atoms with Gasteiger partial charge in [0.25, 0.3) is 0 Å². The molecule has 0 amide bonds. The highest BCUT2D eigenvalue weighted by atomic mass is 15.1. The zero-order valence-electron chi connectivity index (χ0n) is 27.7. The van der Waals surface area contributed by atoms with Crippen LogP contribution in [0.1, 0.15) is 29.3 Å². The fraction of sp³-hybridized carbons (Fsp3) is 0.0638. The molecule has 2 aliphatic rings. The van der Waals surface area contributed by atoms with Crippen LogP contribution in [0.25, 0.3) is 77.5 Å². The molecule has 2 aliphatic carbocycles. The molecule has 2 unspecified atom stereocenters. The summed E-state index contributed by atoms with van der Waals surface area (Å²) in [4.78, 5) is 20.9. The molecule has 7 aromatic carbocycles. The molecule has 2 aromatic heterocycles. The third-order valence-corrected chi connectivity index (χ3v) is 11.1. The number of nitrogens with zero attached hydrogens (tertiary/aromatic N) is 4. The van der Waals surface area contributed by atoms with Crippen molar-refractivity contribution in [2.75, 3.05) is 0 Å². The number of pyridine rings is 1. The van der Waals surface area contributed by atoms with Gasteiger partial charge in [-0.25, -0.2) is 15.0 Å². The highest BCUT2D eigenvalue weighted by Crippen LogP contribution is 2.69. The number of hydrogen-bond donors (Lipinski definition) is 0. The van der Waals surface area contributed by atoms with Crippen molar-refractivity contribution < 1.29 is 0 Å². The van der Waals surface area contributed by atoms with Crippen molar-refractivity contribution >= 4 is 32.3 Å². The van der Waals surface area contributed by atoms with Crippen LogP contribution in [0.3, 0.4) is 0 Å². The van der Waals surface area contributed by atoms with Crippen molar-refractivity contribution in [1.82, 2.24) is 19.9 Å². The third kappa shape index (κ3) is 4.20. The summed E-state index contributed by atoms with van der Waals surface area (Å²) < 4.78 is 0. The molecule has 0 bridgehead atoms. The summed E-state index contributed by atoms with van der Waals surface area (Å²) in [6, 6.07) is 56.1. The standard InChI is InChI=1S/C47H30N4/c1-4-14-34-29(11-1)25-26-48-43(34)30-21-23-31(24-22-30)44-49-45(40-27-32-12-2-3-13-33(32)35-15-5-6-16-36(35)40)51-46(50-44)47-28-42(47)39-19-8-7-17-37(39)38-18-9-10-20-41(38)47/h1-27,42H,28H2. The van der Waals surface area contributed by atoms with E-state index in [0.29, 0.717) is 17.6 Å². The summed E-state index contributed by atoms with van der Waals surface area (Å²) >= 11 is 0. The summed E-state index contributed by atoms with van der Waals surface area (Å²) in [6.07, 6.45) is 2.85. The first-order valence-corrected chi connectivity index (χ1v) is 17.6. The zero-order chi connectivity index (χ0) is 33.5. The molecular formula is C47H30N4. The molecule has 51 heavy (non-hydrogen) atoms. The van der Waals surface area contributed by atoms with Gasteiger partial charge in [0.1, 0.15) is 5.82 Å². The van der Waals surface area contributed by atoms with E-state index in [2.05, 4.69) is 158 Å². The maximum atomic E-state index is 5.46. The first kappa shape index (κ1) is 28.3. The van der Waals surface area contributed by atoms with Crippen molar-refractivity contribution in [2.45, 2.75) is 17.8 Å². The van der Waals surface area contributed by atoms with Crippen molar-refractivity contribution in [1.29, 1.82) is 0 Å². The lowest BCUT2D eigenvalue weighted by Gasteiger charge is -2.27. The molecule has 11 rings (SSSR count). The first-order chi connectivity index (χ1) is 25.3. The number of benzene rings is 7. The van der Waals surface area contributed by atoms with Crippen LogP contribution in [0.2, 0.25) is 0 Å². The Morgan fingerprint density at radius 3 is 1.98 bits per heavy atom. The van der Waals surface area contributed by atoms with Gasteiger partial charge in [0.05, 0.1) is 11.1 Å². The molecule has 4 nitrogen and oxygen atoms in total. The smallest absolute Gasteiger partial charge is 0.164 e. The maximum Gasteiger partial charge on any atom is 0.164 e. The lowest BCUT2D eigenvalue weighted by molar-refractivity contribution is 0.714. The molecule has 0 spiro atoms. The van der Waals surface area contributed by atoms with Crippen LogP contribution < -0.4 is 0 Å². The lowest BCUT2D eigenvalue weighted by Crippen LogP contribution is -2.21. The second kappa shape index (κ2) is 10.7. The van der Waals surface area contributed by atoms with Crippen molar-refractivity contribution in [3.05, 3.63) is 181 Å². The minimum Gasteiger partial charge on any atom is -0.256 e. The molecule has 0 aliphatic heterocycles. The van der Waals surface area contributed by atoms with Crippen LogP contribution in [0.5, 0.6) is 0 Å². The molecule has 0 N–H and O–H groups in total. The summed E-state index contributed by atoms with van der Waals surface area (Å²) in [5, 5.41) is 7.03. The minimum absolute atomic E-state index is 0.305. The van der Waals surface area contributed by atoms with E-state index in [4.69, 9.17) is 19.9 Å². The van der Waals surface area contributed by atoms with E-state index in [1.807, 2.05) is 6.20 Å². The molecule has 2 atom stereocenters. The summed E-state index contributed by atoms with van der Waals surface area (Å²) in [5.41, 5.74) is 8.95. The monoisotopic (exact) mass is 650 g/mol. The second-order valence-electron chi connectivity index (χ2n) is 13.8. The van der Waals surface area contributed by atoms with Crippen LogP contribution in [0.15, 0.2) is 164 Å². The van der Waals surface area contributed by atoms with Gasteiger partial charge >= 0.3 is 0 Å². The Kier molecular flexibility index (Phi) is 5.97. The quantitative estimate of drug-likeness (QED) is 0.178. The predicted octanol–water partition coefficient (Wildman–Crippen LogP) is 11.2. The van der Waals surface area contributed by atoms with E-state index in [0.717, 1.165) is 45.4 Å². The van der Waals surface area contributed by atoms with Gasteiger partial charge in [-0.15, -0.1) is 0 Å². The van der Waals surface area contributed by atoms with E-state index in [1.165, 1.54) is 43.8 Å². The third-order valence-electron chi connectivity index (χ3n) is 11.1. The highest BCUT2D eigenvalue weighted by molar-refractivity contribution is 6.13. The molecule has 2 heterocycles. The normalized spacial score (nSPS) is 17.2. The first-order valence-electron chi connectivity index (χ1n) is 17.6. The Labute approximate surface area is 295 Å². The van der Waals surface area contributed by atoms with E-state index in [9.17, 15) is 0 Å². The SMILES string of the molecule is c1ccc2c(c1)-c1ccccc1C1(c3nc(-c4ccc(-c5nccc6ccccc56)cc4)nc(-c4cc5ccccc5c5ccccc45)n3)CC21. The Morgan fingerprint density at radius 1 is 0.471 bits per heavy atom. The van der Waals surface area contributed by atoms with E-state index < -0.39 is 0 Å². The minimum atomic E-state index is -0.323. The van der Waals surface area contributed by atoms with Gasteiger partial charge in [-0.3, -0.25) is 4.98 Å². The Balaban J connectivity index is 1.14. The van der Waals surface area contributed by atoms with Gasteiger partial charge < -0.3 is 0 Å². The molecule has 9 aromatic rings. The average molecular weight is 651 g/mol. The molecule has 238 valence electrons. The van der Waals surface area contributed by atoms with Crippen molar-refractivity contribution in [3.63, 3.8) is 0 Å². The van der Waals surface area contributed by atoms with Crippen LogP contribution in [-0.2, 0) is 5.41 Å². The Hall–Kier alpha value is -6.52. The van der Waals surface area contributed by atoms with Gasteiger partial charge in [0.2, 0.25) is 0 Å². The largest absolute Gasteiger partial charge is 0.256 e. The Bertz CT molecular complexity index is 2850. The molecule has 0 radical (unpaired) electrons. The van der Waals surface area contributed by atoms with Crippen LogP contribution >= 0.6 is 0 Å². The van der Waals surface area contributed by atoms with Gasteiger partial charge in [-0.2, -0.15) is 0 Å². The Morgan fingerprint density at radius 2 is 1.12 bits per heavy atom. The molecule has 1 saturated carbocycles. The van der Waals surface area contributed by atoms with Crippen LogP contribution in [-0.4, -0.2) is 19.9 Å². The van der Waals surface area contributed by atoms with Crippen molar-refractivity contribution in [3.8, 4) is 45.2 Å². The lowest BCUT2D eigenvalue weighted by atomic mass is 9.78. The van der Waals surface area contributed by atoms with Gasteiger partial charge in [0.15, 0.2) is 11.6 Å². The molecular weight excluding hydrogens is 621 g/mol. The number of rotatable bonds is 4. The average Bonchev–Trinajstić information content (AvgIpc) is 3.98. The van der Waals surface area contributed by atoms with E-state index in [-0.39, 0.29) is 5.41 Å². The molecule has 0 saturated heterocycles. The second-order valence-corrected chi connectivity index (χ2v) is 13.8. The fourth-order valence-electron chi connectivity index (χ4n) is 8.65. The maximum absolute atomic E-state index is 5.46. The molecule has 4 heteroatoms. The zero-order valence-corrected chi connectivity index (χ0v) is 27.7. The van der Waals surface area contributed by atoms with Gasteiger partial charge in [0, 0.05) is 34.2 Å². The number of aromatic nitrogens is 4. The van der Waals surface area contributed by atoms with Crippen molar-refractivity contribution in [2.24, 2.45) is 0 Å². The van der Waals surface area contributed by atoms with Gasteiger partial charge in [-0.05, 0) is 67.7 Å². The predicted molar refractivity (Wildman–Crippen MR) is 206 cm³/mol. The number of hydrogen-bond acceptors (Lipinski definition) is 4. The highest BCUT2D eigenvalue weighted by Gasteiger charge is 2.63. The summed E-state index contributed by atoms with van der Waals surface area (Å²) in [6.45, 7) is 0. The van der Waals surface area contributed by atoms with Gasteiger partial charge in [-0.1, -0.05) is 146 Å².